The molecule has 1 aromatic heterocycles. The number of aliphatic hydroxyl groups excluding tert-OH is 2. The van der Waals surface area contributed by atoms with Crippen molar-refractivity contribution in [3.05, 3.63) is 99.8 Å². The molecular weight excluding hydrogens is 512 g/mol. The number of piperidine rings is 1. The Labute approximate surface area is 235 Å². The number of aliphatic hydroxyl groups is 3. The minimum atomic E-state index is -0.912. The number of aromatic nitrogens is 1. The number of halogens is 1. The van der Waals surface area contributed by atoms with E-state index in [1.165, 1.54) is 0 Å². The molecule has 2 atom stereocenters. The van der Waals surface area contributed by atoms with Crippen LogP contribution in [0.2, 0.25) is 5.02 Å². The molecule has 5 rings (SSSR count). The Morgan fingerprint density at radius 2 is 1.92 bits per heavy atom. The van der Waals surface area contributed by atoms with Crippen LogP contribution in [0.15, 0.2) is 66.9 Å². The first-order chi connectivity index (χ1) is 18.7. The minimum Gasteiger partial charge on any atom is -0.487 e. The summed E-state index contributed by atoms with van der Waals surface area (Å²) < 4.78 is 6.13. The van der Waals surface area contributed by atoms with E-state index >= 15 is 0 Å². The number of hydrogen-bond donors (Lipinski definition) is 3. The van der Waals surface area contributed by atoms with Crippen LogP contribution in [0.4, 0.5) is 0 Å². The maximum atomic E-state index is 11.7. The lowest BCUT2D eigenvalue weighted by Gasteiger charge is -2.50. The molecule has 2 aromatic carbocycles. The van der Waals surface area contributed by atoms with Crippen molar-refractivity contribution in [2.24, 2.45) is 5.41 Å². The minimum absolute atomic E-state index is 0.275. The summed E-state index contributed by atoms with van der Waals surface area (Å²) >= 11 is 6.09. The van der Waals surface area contributed by atoms with E-state index in [1.54, 1.807) is 6.20 Å². The van der Waals surface area contributed by atoms with Crippen molar-refractivity contribution >= 4 is 17.2 Å². The van der Waals surface area contributed by atoms with E-state index in [4.69, 9.17) is 16.3 Å². The zero-order chi connectivity index (χ0) is 27.6. The maximum absolute atomic E-state index is 11.7. The summed E-state index contributed by atoms with van der Waals surface area (Å²) in [4.78, 5) is 7.00. The van der Waals surface area contributed by atoms with Gasteiger partial charge in [-0.3, -0.25) is 4.98 Å². The number of pyridine rings is 1. The molecule has 1 fully saturated rings. The zero-order valence-corrected chi connectivity index (χ0v) is 23.4. The number of benzene rings is 2. The van der Waals surface area contributed by atoms with Gasteiger partial charge in [-0.25, -0.2) is 0 Å². The fourth-order valence-corrected chi connectivity index (χ4v) is 6.08. The number of fused-ring (bicyclic) bond motifs is 2. The summed E-state index contributed by atoms with van der Waals surface area (Å²) in [6.07, 6.45) is 5.09. The topological polar surface area (TPSA) is 86.1 Å². The van der Waals surface area contributed by atoms with Crippen molar-refractivity contribution in [3.63, 3.8) is 0 Å². The molecule has 2 aliphatic rings. The van der Waals surface area contributed by atoms with Crippen molar-refractivity contribution in [1.29, 1.82) is 0 Å². The third-order valence-electron chi connectivity index (χ3n) is 8.20. The highest BCUT2D eigenvalue weighted by Gasteiger charge is 2.48. The monoisotopic (exact) mass is 548 g/mol. The van der Waals surface area contributed by atoms with Gasteiger partial charge >= 0.3 is 0 Å². The Bertz CT molecular complexity index is 1340. The van der Waals surface area contributed by atoms with Gasteiger partial charge in [0, 0.05) is 53.8 Å². The molecule has 0 spiro atoms. The lowest BCUT2D eigenvalue weighted by Crippen LogP contribution is -2.55. The van der Waals surface area contributed by atoms with Crippen molar-refractivity contribution in [2.45, 2.75) is 51.4 Å². The van der Waals surface area contributed by atoms with E-state index in [-0.39, 0.29) is 12.0 Å². The van der Waals surface area contributed by atoms with E-state index in [2.05, 4.69) is 41.9 Å². The second kappa shape index (κ2) is 11.4. The fraction of sp³-hybridized carbons (Fsp3) is 0.406. The SMILES string of the molecule is CC1(C)CN(CCC=C2c3cc(CC(O)CO)ccc3OCc3ncccc32)CCC1(O)c1ccc(Cl)cc1. The molecule has 2 unspecified atom stereocenters. The smallest absolute Gasteiger partial charge is 0.131 e. The molecule has 0 radical (unpaired) electrons. The molecule has 0 amide bonds. The fourth-order valence-electron chi connectivity index (χ4n) is 5.96. The number of likely N-dealkylation sites (tertiary alicyclic amines) is 1. The lowest BCUT2D eigenvalue weighted by molar-refractivity contribution is -0.125. The van der Waals surface area contributed by atoms with Crippen LogP contribution in [-0.2, 0) is 18.6 Å². The maximum Gasteiger partial charge on any atom is 0.131 e. The van der Waals surface area contributed by atoms with Gasteiger partial charge < -0.3 is 25.0 Å². The second-order valence-electron chi connectivity index (χ2n) is 11.3. The molecule has 39 heavy (non-hydrogen) atoms. The highest BCUT2D eigenvalue weighted by molar-refractivity contribution is 6.30. The average Bonchev–Trinajstić information content (AvgIpc) is 3.07. The van der Waals surface area contributed by atoms with Crippen molar-refractivity contribution in [2.75, 3.05) is 26.2 Å². The van der Waals surface area contributed by atoms with Gasteiger partial charge in [-0.15, -0.1) is 0 Å². The zero-order valence-electron chi connectivity index (χ0n) is 22.6. The van der Waals surface area contributed by atoms with E-state index in [0.717, 1.165) is 65.3 Å². The van der Waals surface area contributed by atoms with Crippen molar-refractivity contribution in [1.82, 2.24) is 9.88 Å². The number of nitrogens with zero attached hydrogens (tertiary/aromatic N) is 2. The predicted octanol–water partition coefficient (Wildman–Crippen LogP) is 4.96. The summed E-state index contributed by atoms with van der Waals surface area (Å²) in [5.74, 6) is 0.786. The number of ether oxygens (including phenoxy) is 1. The van der Waals surface area contributed by atoms with E-state index in [0.29, 0.717) is 24.5 Å². The lowest BCUT2D eigenvalue weighted by atomic mass is 9.66. The van der Waals surface area contributed by atoms with E-state index < -0.39 is 11.7 Å². The quantitative estimate of drug-likeness (QED) is 0.387. The van der Waals surface area contributed by atoms with E-state index in [1.807, 2.05) is 42.5 Å². The molecule has 0 saturated carbocycles. The van der Waals surface area contributed by atoms with E-state index in [9.17, 15) is 15.3 Å². The molecule has 3 N–H and O–H groups in total. The van der Waals surface area contributed by atoms with Crippen LogP contribution in [0.1, 0.15) is 54.6 Å². The van der Waals surface area contributed by atoms with Crippen LogP contribution < -0.4 is 4.74 Å². The Balaban J connectivity index is 1.37. The Kier molecular flexibility index (Phi) is 8.13. The molecule has 3 aromatic rings. The van der Waals surface area contributed by atoms with Gasteiger partial charge in [0.15, 0.2) is 0 Å². The molecule has 2 aliphatic heterocycles. The third-order valence-corrected chi connectivity index (χ3v) is 8.46. The van der Waals surface area contributed by atoms with Gasteiger partial charge in [0.05, 0.1) is 24.0 Å². The van der Waals surface area contributed by atoms with Gasteiger partial charge in [0.25, 0.3) is 0 Å². The summed E-state index contributed by atoms with van der Waals surface area (Å²) in [5, 5.41) is 31.7. The molecular formula is C32H37ClN2O4. The van der Waals surface area contributed by atoms with Crippen molar-refractivity contribution < 1.29 is 20.1 Å². The first-order valence-electron chi connectivity index (χ1n) is 13.6. The molecule has 7 heteroatoms. The first kappa shape index (κ1) is 27.8. The standard InChI is InChI=1S/C32H37ClN2O4/c1-31(2)21-35(16-13-32(31,38)23-8-10-24(33)11-9-23)15-4-6-26-27-5-3-14-34-29(27)20-39-30-12-7-22(18-28(26)30)17-25(37)19-36/h3,5-12,14,18,25,36-38H,4,13,15-17,19-21H2,1-2H3. The van der Waals surface area contributed by atoms with Crippen LogP contribution >= 0.6 is 11.6 Å². The number of hydrogen-bond acceptors (Lipinski definition) is 6. The summed E-state index contributed by atoms with van der Waals surface area (Å²) in [7, 11) is 0. The van der Waals surface area contributed by atoms with Gasteiger partial charge in [0.1, 0.15) is 12.4 Å². The second-order valence-corrected chi connectivity index (χ2v) is 11.8. The molecule has 0 bridgehead atoms. The molecule has 0 aliphatic carbocycles. The largest absolute Gasteiger partial charge is 0.487 e. The summed E-state index contributed by atoms with van der Waals surface area (Å²) in [6.45, 7) is 6.82. The average molecular weight is 549 g/mol. The Hall–Kier alpha value is -2.74. The number of rotatable bonds is 7. The van der Waals surface area contributed by atoms with Crippen LogP contribution in [0.25, 0.3) is 5.57 Å². The van der Waals surface area contributed by atoms with Gasteiger partial charge in [-0.1, -0.05) is 55.8 Å². The first-order valence-corrected chi connectivity index (χ1v) is 14.0. The van der Waals surface area contributed by atoms with Gasteiger partial charge in [-0.2, -0.15) is 0 Å². The third kappa shape index (κ3) is 5.76. The molecule has 3 heterocycles. The summed E-state index contributed by atoms with van der Waals surface area (Å²) in [5.41, 5.74) is 4.59. The highest BCUT2D eigenvalue weighted by Crippen LogP contribution is 2.46. The predicted molar refractivity (Wildman–Crippen MR) is 154 cm³/mol. The molecule has 6 nitrogen and oxygen atoms in total. The van der Waals surface area contributed by atoms with Crippen molar-refractivity contribution in [3.8, 4) is 5.75 Å². The van der Waals surface area contributed by atoms with Crippen LogP contribution in [0, 0.1) is 5.41 Å². The Morgan fingerprint density at radius 3 is 2.67 bits per heavy atom. The van der Waals surface area contributed by atoms with Crippen LogP contribution in [0.3, 0.4) is 0 Å². The van der Waals surface area contributed by atoms with Crippen LogP contribution in [-0.4, -0.2) is 57.5 Å². The Morgan fingerprint density at radius 1 is 1.13 bits per heavy atom. The van der Waals surface area contributed by atoms with Crippen LogP contribution in [0.5, 0.6) is 5.75 Å². The molecule has 206 valence electrons. The normalized spacial score (nSPS) is 22.5. The summed E-state index contributed by atoms with van der Waals surface area (Å²) in [6, 6.07) is 17.5. The van der Waals surface area contributed by atoms with Gasteiger partial charge in [0.2, 0.25) is 0 Å². The highest BCUT2D eigenvalue weighted by atomic mass is 35.5. The molecule has 1 saturated heterocycles. The van der Waals surface area contributed by atoms with Gasteiger partial charge in [-0.05, 0) is 59.9 Å².